The van der Waals surface area contributed by atoms with Crippen molar-refractivity contribution in [1.29, 1.82) is 0 Å². The normalized spacial score (nSPS) is 19.8. The van der Waals surface area contributed by atoms with Crippen molar-refractivity contribution in [2.24, 2.45) is 0 Å². The van der Waals surface area contributed by atoms with Crippen LogP contribution in [0.25, 0.3) is 11.2 Å². The van der Waals surface area contributed by atoms with Crippen molar-refractivity contribution in [3.8, 4) is 5.75 Å². The summed E-state index contributed by atoms with van der Waals surface area (Å²) in [4.78, 5) is 44.9. The van der Waals surface area contributed by atoms with E-state index in [0.717, 1.165) is 5.56 Å². The summed E-state index contributed by atoms with van der Waals surface area (Å²) in [5.41, 5.74) is 6.84. The molecule has 2 N–H and O–H groups in total. The first-order valence-electron chi connectivity index (χ1n) is 10.6. The second kappa shape index (κ2) is 9.51. The van der Waals surface area contributed by atoms with Crippen molar-refractivity contribution in [2.45, 2.75) is 45.2 Å². The van der Waals surface area contributed by atoms with Gasteiger partial charge in [0.2, 0.25) is 5.95 Å². The number of imidazole rings is 1. The molecule has 0 amide bonds. The van der Waals surface area contributed by atoms with Gasteiger partial charge in [0, 0.05) is 20.3 Å². The van der Waals surface area contributed by atoms with Crippen molar-refractivity contribution in [3.63, 3.8) is 0 Å². The molecule has 1 aliphatic rings. The molecule has 1 fully saturated rings. The van der Waals surface area contributed by atoms with Gasteiger partial charge in [-0.1, -0.05) is 12.1 Å². The van der Waals surface area contributed by atoms with Gasteiger partial charge in [0.15, 0.2) is 11.9 Å². The number of methoxy groups -OCH3 is 1. The first-order chi connectivity index (χ1) is 16.3. The van der Waals surface area contributed by atoms with E-state index in [2.05, 4.69) is 9.97 Å². The second-order valence-corrected chi connectivity index (χ2v) is 7.86. The zero-order valence-corrected chi connectivity index (χ0v) is 19.0. The highest BCUT2D eigenvalue weighted by Gasteiger charge is 2.41. The average molecular weight is 471 g/mol. The molecule has 3 atom stereocenters. The number of hydrogen-bond donors (Lipinski definition) is 1. The molecule has 2 aromatic heterocycles. The van der Waals surface area contributed by atoms with Gasteiger partial charge in [-0.05, 0) is 17.7 Å². The van der Waals surface area contributed by atoms with Crippen molar-refractivity contribution in [1.82, 2.24) is 19.1 Å². The number of ether oxygens (including phenoxy) is 4. The molecule has 12 heteroatoms. The van der Waals surface area contributed by atoms with E-state index < -0.39 is 36.1 Å². The van der Waals surface area contributed by atoms with E-state index >= 15 is 0 Å². The Hall–Kier alpha value is -3.93. The zero-order chi connectivity index (χ0) is 24.4. The summed E-state index contributed by atoms with van der Waals surface area (Å²) in [5, 5.41) is 0. The SMILES string of the molecule is COc1cccc(Cn2c(=O)n([C@@H]3O[C@H](COC(C)=O)C[C@H]3OC(C)=O)c3nc(N)ncc32)c1. The fraction of sp³-hybridized carbons (Fsp3) is 0.409. The third-order valence-corrected chi connectivity index (χ3v) is 5.39. The van der Waals surface area contributed by atoms with E-state index in [1.807, 2.05) is 18.2 Å². The van der Waals surface area contributed by atoms with E-state index in [9.17, 15) is 14.4 Å². The number of nitrogens with two attached hydrogens (primary N) is 1. The minimum Gasteiger partial charge on any atom is -0.497 e. The summed E-state index contributed by atoms with van der Waals surface area (Å²) in [6, 6.07) is 7.30. The summed E-state index contributed by atoms with van der Waals surface area (Å²) < 4.78 is 24.6. The topological polar surface area (TPSA) is 150 Å². The van der Waals surface area contributed by atoms with E-state index in [0.29, 0.717) is 11.3 Å². The van der Waals surface area contributed by atoms with Crippen LogP contribution in [0.2, 0.25) is 0 Å². The summed E-state index contributed by atoms with van der Waals surface area (Å²) in [5.74, 6) is -0.381. The molecule has 1 saturated heterocycles. The Bertz CT molecular complexity index is 1280. The van der Waals surface area contributed by atoms with Crippen LogP contribution in [0.3, 0.4) is 0 Å². The van der Waals surface area contributed by atoms with Gasteiger partial charge in [-0.2, -0.15) is 4.98 Å². The number of carbonyl (C=O) groups is 2. The zero-order valence-electron chi connectivity index (χ0n) is 19.0. The maximum atomic E-state index is 13.6. The number of hydrogen-bond acceptors (Lipinski definition) is 10. The maximum absolute atomic E-state index is 13.6. The fourth-order valence-corrected chi connectivity index (χ4v) is 3.99. The monoisotopic (exact) mass is 471 g/mol. The Balaban J connectivity index is 1.78. The number of nitrogens with zero attached hydrogens (tertiary/aromatic N) is 4. The molecule has 0 unspecified atom stereocenters. The Labute approximate surface area is 194 Å². The Morgan fingerprint density at radius 2 is 2.06 bits per heavy atom. The molecule has 4 rings (SSSR count). The van der Waals surface area contributed by atoms with Crippen molar-refractivity contribution >= 4 is 29.1 Å². The highest BCUT2D eigenvalue weighted by atomic mass is 16.6. The third kappa shape index (κ3) is 4.71. The van der Waals surface area contributed by atoms with Crippen LogP contribution in [0.4, 0.5) is 5.95 Å². The standard InChI is InChI=1S/C22H25N5O7/c1-12(28)32-11-16-8-18(33-13(2)29)20(34-16)27-19-17(9-24-21(23)25-19)26(22(27)30)10-14-5-4-6-15(7-14)31-3/h4-7,9,16,18,20H,8,10-11H2,1-3H3,(H2,23,24,25)/t16-,18+,20+/m0/s1. The maximum Gasteiger partial charge on any atom is 0.332 e. The summed E-state index contributed by atoms with van der Waals surface area (Å²) in [6.07, 6.45) is -0.696. The molecule has 1 aliphatic heterocycles. The van der Waals surface area contributed by atoms with Crippen LogP contribution >= 0.6 is 0 Å². The van der Waals surface area contributed by atoms with Crippen LogP contribution in [0.5, 0.6) is 5.75 Å². The van der Waals surface area contributed by atoms with Gasteiger partial charge in [0.1, 0.15) is 24.0 Å². The van der Waals surface area contributed by atoms with Crippen LogP contribution in [0, 0.1) is 0 Å². The predicted molar refractivity (Wildman–Crippen MR) is 119 cm³/mol. The molecule has 12 nitrogen and oxygen atoms in total. The Morgan fingerprint density at radius 3 is 2.76 bits per heavy atom. The first-order valence-corrected chi connectivity index (χ1v) is 10.6. The number of nitrogen functional groups attached to an aromatic ring is 1. The Kier molecular flexibility index (Phi) is 6.50. The lowest BCUT2D eigenvalue weighted by Crippen LogP contribution is -2.34. The smallest absolute Gasteiger partial charge is 0.332 e. The molecule has 1 aromatic carbocycles. The molecular weight excluding hydrogens is 446 g/mol. The number of anilines is 1. The molecule has 180 valence electrons. The van der Waals surface area contributed by atoms with Gasteiger partial charge in [0.05, 0.1) is 26.0 Å². The van der Waals surface area contributed by atoms with E-state index in [1.165, 1.54) is 29.2 Å². The van der Waals surface area contributed by atoms with Crippen molar-refractivity contribution in [3.05, 3.63) is 46.5 Å². The molecule has 0 bridgehead atoms. The number of carbonyl (C=O) groups excluding carboxylic acids is 2. The molecule has 0 saturated carbocycles. The number of esters is 2. The van der Waals surface area contributed by atoms with Gasteiger partial charge >= 0.3 is 17.6 Å². The lowest BCUT2D eigenvalue weighted by atomic mass is 10.2. The van der Waals surface area contributed by atoms with E-state index in [-0.39, 0.29) is 31.2 Å². The molecule has 0 radical (unpaired) electrons. The minimum atomic E-state index is -1.000. The molecular formula is C22H25N5O7. The summed E-state index contributed by atoms with van der Waals surface area (Å²) in [6.45, 7) is 2.71. The lowest BCUT2D eigenvalue weighted by Gasteiger charge is -2.19. The largest absolute Gasteiger partial charge is 0.497 e. The Morgan fingerprint density at radius 1 is 1.26 bits per heavy atom. The van der Waals surface area contributed by atoms with Gasteiger partial charge in [-0.25, -0.2) is 14.3 Å². The van der Waals surface area contributed by atoms with Gasteiger partial charge < -0.3 is 24.7 Å². The molecule has 0 spiro atoms. The third-order valence-electron chi connectivity index (χ3n) is 5.39. The van der Waals surface area contributed by atoms with Crippen LogP contribution in [0.15, 0.2) is 35.3 Å². The van der Waals surface area contributed by atoms with Crippen LogP contribution in [0.1, 0.15) is 32.1 Å². The first kappa shape index (κ1) is 23.2. The number of rotatable bonds is 7. The number of aromatic nitrogens is 4. The lowest BCUT2D eigenvalue weighted by molar-refractivity contribution is -0.153. The van der Waals surface area contributed by atoms with Crippen LogP contribution < -0.4 is 16.2 Å². The van der Waals surface area contributed by atoms with E-state index in [4.69, 9.17) is 24.7 Å². The molecule has 0 aliphatic carbocycles. The molecule has 34 heavy (non-hydrogen) atoms. The van der Waals surface area contributed by atoms with Gasteiger partial charge in [-0.3, -0.25) is 14.2 Å². The van der Waals surface area contributed by atoms with Crippen LogP contribution in [-0.4, -0.2) is 57.0 Å². The molecule has 3 heterocycles. The average Bonchev–Trinajstić information content (AvgIpc) is 3.29. The van der Waals surface area contributed by atoms with Crippen molar-refractivity contribution in [2.75, 3.05) is 19.5 Å². The minimum absolute atomic E-state index is 0.0294. The predicted octanol–water partition coefficient (Wildman–Crippen LogP) is 1.01. The second-order valence-electron chi connectivity index (χ2n) is 7.86. The highest BCUT2D eigenvalue weighted by molar-refractivity contribution is 5.72. The van der Waals surface area contributed by atoms with Gasteiger partial charge in [-0.15, -0.1) is 0 Å². The van der Waals surface area contributed by atoms with E-state index in [1.54, 1.807) is 13.2 Å². The molecule has 3 aromatic rings. The summed E-state index contributed by atoms with van der Waals surface area (Å²) >= 11 is 0. The summed E-state index contributed by atoms with van der Waals surface area (Å²) in [7, 11) is 1.56. The van der Waals surface area contributed by atoms with Crippen molar-refractivity contribution < 1.29 is 28.5 Å². The fourth-order valence-electron chi connectivity index (χ4n) is 3.99. The number of fused-ring (bicyclic) bond motifs is 1. The van der Waals surface area contributed by atoms with Gasteiger partial charge in [0.25, 0.3) is 0 Å². The highest BCUT2D eigenvalue weighted by Crippen LogP contribution is 2.33. The quantitative estimate of drug-likeness (QED) is 0.495. The van der Waals surface area contributed by atoms with Crippen LogP contribution in [-0.2, 0) is 30.3 Å². The number of benzene rings is 1.